The van der Waals surface area contributed by atoms with Crippen molar-refractivity contribution in [1.82, 2.24) is 0 Å². The van der Waals surface area contributed by atoms with Gasteiger partial charge in [0.1, 0.15) is 19.3 Å². The van der Waals surface area contributed by atoms with Crippen LogP contribution in [0.5, 0.6) is 0 Å². The van der Waals surface area contributed by atoms with Gasteiger partial charge in [0.25, 0.3) is 0 Å². The number of esters is 3. The summed E-state index contributed by atoms with van der Waals surface area (Å²) in [6, 6.07) is 0.273. The van der Waals surface area contributed by atoms with Gasteiger partial charge in [-0.05, 0) is 105 Å². The van der Waals surface area contributed by atoms with Gasteiger partial charge < -0.3 is 40.3 Å². The average Bonchev–Trinajstić information content (AvgIpc) is 3.81. The molecule has 1 rings (SSSR count). The first-order valence-corrected chi connectivity index (χ1v) is 32.4. The Labute approximate surface area is 318 Å². The highest BCUT2D eigenvalue weighted by molar-refractivity contribution is 7.53. The van der Waals surface area contributed by atoms with Gasteiger partial charge in [-0.2, -0.15) is 0 Å². The second kappa shape index (κ2) is 19.4. The van der Waals surface area contributed by atoms with Crippen molar-refractivity contribution in [2.75, 3.05) is 46.8 Å². The number of epoxide rings is 1. The summed E-state index contributed by atoms with van der Waals surface area (Å²) in [7, 11) is -10.7. The molecule has 4 unspecified atom stereocenters. The summed E-state index contributed by atoms with van der Waals surface area (Å²) < 4.78 is 65.7. The number of hydrogen-bond donors (Lipinski definition) is 0. The molecular formula is C34H71O13PSi4. The molecule has 13 nitrogen and oxygen atoms in total. The molecule has 1 aliphatic rings. The quantitative estimate of drug-likeness (QED) is 0.0272. The van der Waals surface area contributed by atoms with E-state index in [1.165, 1.54) is 14.2 Å². The molecule has 18 heteroatoms. The van der Waals surface area contributed by atoms with Crippen molar-refractivity contribution < 1.29 is 59.3 Å². The Morgan fingerprint density at radius 2 is 1.12 bits per heavy atom. The standard InChI is InChI=1S/C34H71O13PSi4/c1-17-19-33(4,30(36)41-20-22-48(38,39-6)40-7)27-34(5,26-32(3,18-2)29(35)44-25-28-24-43-28)31(37)42-21-23-52(45-49(8,9)10,46-50(11,12)13)47-51(14,15)16/h28H,17-27H2,1-16H3. The van der Waals surface area contributed by atoms with E-state index in [0.717, 1.165) is 0 Å². The summed E-state index contributed by atoms with van der Waals surface area (Å²) in [6.07, 6.45) is 1.23. The Bertz CT molecular complexity index is 1180. The van der Waals surface area contributed by atoms with Crippen molar-refractivity contribution in [1.29, 1.82) is 0 Å². The first kappa shape index (κ1) is 49.3. The van der Waals surface area contributed by atoms with Crippen molar-refractivity contribution in [2.24, 2.45) is 16.2 Å². The van der Waals surface area contributed by atoms with Crippen LogP contribution in [0.3, 0.4) is 0 Å². The van der Waals surface area contributed by atoms with Gasteiger partial charge in [0, 0.05) is 20.3 Å². The number of hydrogen-bond acceptors (Lipinski definition) is 13. The maximum Gasteiger partial charge on any atom is 0.473 e. The molecule has 0 amide bonds. The number of carbonyl (C=O) groups excluding carboxylic acids is 3. The van der Waals surface area contributed by atoms with Crippen molar-refractivity contribution >= 4 is 59.3 Å². The highest BCUT2D eigenvalue weighted by Gasteiger charge is 2.53. The molecule has 0 bridgehead atoms. The molecule has 306 valence electrons. The summed E-state index contributed by atoms with van der Waals surface area (Å²) in [5.41, 5.74) is -3.57. The Morgan fingerprint density at radius 3 is 1.52 bits per heavy atom. The number of ether oxygens (including phenoxy) is 4. The van der Waals surface area contributed by atoms with Gasteiger partial charge in [0.2, 0.25) is 0 Å². The van der Waals surface area contributed by atoms with Gasteiger partial charge in [-0.25, -0.2) is 0 Å². The van der Waals surface area contributed by atoms with Gasteiger partial charge in [-0.15, -0.1) is 0 Å². The van der Waals surface area contributed by atoms with Crippen LogP contribution in [0.2, 0.25) is 65.0 Å². The lowest BCUT2D eigenvalue weighted by Crippen LogP contribution is -2.61. The predicted molar refractivity (Wildman–Crippen MR) is 212 cm³/mol. The Hall–Kier alpha value is -0.732. The number of carbonyl (C=O) groups is 3. The van der Waals surface area contributed by atoms with E-state index in [4.69, 9.17) is 40.3 Å². The third-order valence-electron chi connectivity index (χ3n) is 8.60. The summed E-state index contributed by atoms with van der Waals surface area (Å²) in [5.74, 6) is -1.55. The topological polar surface area (TPSA) is 155 Å². The summed E-state index contributed by atoms with van der Waals surface area (Å²) in [5, 5.41) is 0. The minimum atomic E-state index is -3.41. The van der Waals surface area contributed by atoms with Gasteiger partial charge >= 0.3 is 34.3 Å². The lowest BCUT2D eigenvalue weighted by Gasteiger charge is -2.43. The first-order valence-electron chi connectivity index (χ1n) is 18.5. The minimum Gasteiger partial charge on any atom is -0.465 e. The van der Waals surface area contributed by atoms with E-state index in [9.17, 15) is 18.9 Å². The molecule has 0 spiro atoms. The lowest BCUT2D eigenvalue weighted by molar-refractivity contribution is -0.169. The first-order chi connectivity index (χ1) is 23.5. The zero-order valence-corrected chi connectivity index (χ0v) is 40.0. The van der Waals surface area contributed by atoms with E-state index in [1.54, 1.807) is 20.8 Å². The molecule has 0 aromatic carbocycles. The zero-order valence-electron chi connectivity index (χ0n) is 35.1. The van der Waals surface area contributed by atoms with Crippen molar-refractivity contribution in [3.63, 3.8) is 0 Å². The monoisotopic (exact) mass is 830 g/mol. The SMILES string of the molecule is CCCC(C)(CC(C)(CC(C)(CC)C(=O)OCC1CO1)C(=O)OCC[Si](O[Si](C)(C)C)(O[Si](C)(C)C)O[Si](C)(C)C)C(=O)OCCP(=O)(OC)OC. The van der Waals surface area contributed by atoms with Crippen LogP contribution in [0.25, 0.3) is 0 Å². The molecule has 1 saturated heterocycles. The third-order valence-corrected chi connectivity index (χ3v) is 22.3. The maximum atomic E-state index is 14.5. The largest absolute Gasteiger partial charge is 0.473 e. The van der Waals surface area contributed by atoms with Crippen LogP contribution in [-0.4, -0.2) is 105 Å². The molecule has 0 aliphatic carbocycles. The van der Waals surface area contributed by atoms with Crippen LogP contribution in [-0.2, 0) is 59.3 Å². The predicted octanol–water partition coefficient (Wildman–Crippen LogP) is 8.00. The fourth-order valence-electron chi connectivity index (χ4n) is 6.33. The van der Waals surface area contributed by atoms with Crippen LogP contribution >= 0.6 is 7.60 Å². The Morgan fingerprint density at radius 1 is 0.692 bits per heavy atom. The van der Waals surface area contributed by atoms with Crippen molar-refractivity contribution in [3.8, 4) is 0 Å². The number of rotatable bonds is 26. The average molecular weight is 831 g/mol. The second-order valence-electron chi connectivity index (χ2n) is 17.7. The molecule has 0 aromatic heterocycles. The molecule has 1 heterocycles. The fourth-order valence-corrected chi connectivity index (χ4v) is 21.6. The second-order valence-corrected chi connectivity index (χ2v) is 37.1. The summed E-state index contributed by atoms with van der Waals surface area (Å²) >= 11 is 0. The molecule has 0 saturated carbocycles. The fraction of sp³-hybridized carbons (Fsp3) is 0.912. The molecule has 0 radical (unpaired) electrons. The zero-order chi connectivity index (χ0) is 40.5. The highest BCUT2D eigenvalue weighted by Crippen LogP contribution is 2.49. The highest BCUT2D eigenvalue weighted by atomic mass is 31.2. The molecular weight excluding hydrogens is 760 g/mol. The van der Waals surface area contributed by atoms with Gasteiger partial charge in [-0.1, -0.05) is 20.3 Å². The Kier molecular flexibility index (Phi) is 18.4. The van der Waals surface area contributed by atoms with Gasteiger partial charge in [0.15, 0.2) is 25.0 Å². The minimum absolute atomic E-state index is 0.0232. The van der Waals surface area contributed by atoms with Crippen LogP contribution in [0, 0.1) is 16.2 Å². The normalized spacial score (nSPS) is 19.2. The molecule has 1 aliphatic heterocycles. The summed E-state index contributed by atoms with van der Waals surface area (Å²) in [6.45, 7) is 28.4. The van der Waals surface area contributed by atoms with Gasteiger partial charge in [-0.3, -0.25) is 18.9 Å². The van der Waals surface area contributed by atoms with E-state index in [1.807, 2.05) is 13.8 Å². The van der Waals surface area contributed by atoms with Gasteiger partial charge in [0.05, 0.1) is 35.6 Å². The molecule has 52 heavy (non-hydrogen) atoms. The van der Waals surface area contributed by atoms with E-state index in [2.05, 4.69) is 58.9 Å². The molecule has 1 fully saturated rings. The van der Waals surface area contributed by atoms with E-state index < -0.39 is 75.5 Å². The maximum absolute atomic E-state index is 14.5. The Balaban J connectivity index is 3.55. The third kappa shape index (κ3) is 17.0. The lowest BCUT2D eigenvalue weighted by atomic mass is 9.63. The van der Waals surface area contributed by atoms with Crippen LogP contribution in [0.4, 0.5) is 0 Å². The molecule has 0 N–H and O–H groups in total. The van der Waals surface area contributed by atoms with E-state index in [-0.39, 0.29) is 51.0 Å². The summed E-state index contributed by atoms with van der Waals surface area (Å²) in [4.78, 5) is 41.9. The van der Waals surface area contributed by atoms with Crippen molar-refractivity contribution in [3.05, 3.63) is 0 Å². The van der Waals surface area contributed by atoms with Crippen LogP contribution in [0.15, 0.2) is 0 Å². The van der Waals surface area contributed by atoms with Crippen molar-refractivity contribution in [2.45, 2.75) is 138 Å². The van der Waals surface area contributed by atoms with E-state index in [0.29, 0.717) is 25.9 Å². The van der Waals surface area contributed by atoms with Crippen LogP contribution in [0.1, 0.15) is 66.7 Å². The smallest absolute Gasteiger partial charge is 0.465 e. The molecule has 4 atom stereocenters. The molecule has 0 aromatic rings. The van der Waals surface area contributed by atoms with E-state index >= 15 is 0 Å². The van der Waals surface area contributed by atoms with Crippen LogP contribution < -0.4 is 0 Å².